The second kappa shape index (κ2) is 3.72. The molecular formula is C14H17BrO2. The van der Waals surface area contributed by atoms with Gasteiger partial charge in [0.1, 0.15) is 5.75 Å². The normalized spacial score (nSPS) is 21.1. The second-order valence-electron chi connectivity index (χ2n) is 5.36. The highest BCUT2D eigenvalue weighted by Crippen LogP contribution is 2.53. The molecule has 2 N–H and O–H groups in total. The van der Waals surface area contributed by atoms with Gasteiger partial charge in [0, 0.05) is 5.56 Å². The van der Waals surface area contributed by atoms with Gasteiger partial charge in [-0.05, 0) is 78.1 Å². The number of aliphatic hydroxyl groups is 1. The number of rotatable bonds is 1. The maximum absolute atomic E-state index is 10.3. The molecule has 1 fully saturated rings. The van der Waals surface area contributed by atoms with Crippen LogP contribution in [-0.2, 0) is 18.4 Å². The Morgan fingerprint density at radius 2 is 1.71 bits per heavy atom. The Labute approximate surface area is 110 Å². The lowest BCUT2D eigenvalue weighted by atomic mass is 9.84. The summed E-state index contributed by atoms with van der Waals surface area (Å²) in [6, 6.07) is 0. The average Bonchev–Trinajstić information content (AvgIpc) is 3.05. The number of aromatic hydroxyl groups is 1. The van der Waals surface area contributed by atoms with Gasteiger partial charge in [-0.2, -0.15) is 0 Å². The SMILES string of the molecule is Cc1c2c(c(Br)c(O)c1C1(O)CC1)CCCC2. The first-order valence-corrected chi connectivity index (χ1v) is 7.09. The van der Waals surface area contributed by atoms with Crippen LogP contribution in [0, 0.1) is 6.92 Å². The van der Waals surface area contributed by atoms with Crippen LogP contribution in [0.25, 0.3) is 0 Å². The molecule has 0 spiro atoms. The molecule has 17 heavy (non-hydrogen) atoms. The lowest BCUT2D eigenvalue weighted by Gasteiger charge is -2.25. The van der Waals surface area contributed by atoms with Gasteiger partial charge in [-0.25, -0.2) is 0 Å². The van der Waals surface area contributed by atoms with Crippen molar-refractivity contribution in [3.05, 3.63) is 26.7 Å². The Morgan fingerprint density at radius 3 is 2.29 bits per heavy atom. The van der Waals surface area contributed by atoms with Crippen LogP contribution in [0.4, 0.5) is 0 Å². The van der Waals surface area contributed by atoms with Gasteiger partial charge in [-0.3, -0.25) is 0 Å². The second-order valence-corrected chi connectivity index (χ2v) is 6.15. The van der Waals surface area contributed by atoms with Crippen LogP contribution in [0.2, 0.25) is 0 Å². The van der Waals surface area contributed by atoms with Gasteiger partial charge >= 0.3 is 0 Å². The van der Waals surface area contributed by atoms with E-state index in [2.05, 4.69) is 15.9 Å². The zero-order chi connectivity index (χ0) is 12.2. The van der Waals surface area contributed by atoms with E-state index in [4.69, 9.17) is 0 Å². The molecule has 2 nitrogen and oxygen atoms in total. The van der Waals surface area contributed by atoms with E-state index in [-0.39, 0.29) is 5.75 Å². The van der Waals surface area contributed by atoms with Crippen molar-refractivity contribution in [1.29, 1.82) is 0 Å². The molecule has 0 aromatic heterocycles. The molecule has 2 aliphatic rings. The molecule has 0 amide bonds. The zero-order valence-electron chi connectivity index (χ0n) is 10.0. The highest BCUT2D eigenvalue weighted by Gasteiger charge is 2.46. The molecule has 0 aliphatic heterocycles. The maximum atomic E-state index is 10.3. The summed E-state index contributed by atoms with van der Waals surface area (Å²) in [6.07, 6.45) is 6.04. The Bertz CT molecular complexity index is 490. The molecule has 0 bridgehead atoms. The van der Waals surface area contributed by atoms with Crippen LogP contribution in [0.15, 0.2) is 4.47 Å². The van der Waals surface area contributed by atoms with E-state index in [1.54, 1.807) is 0 Å². The van der Waals surface area contributed by atoms with Gasteiger partial charge in [0.25, 0.3) is 0 Å². The molecule has 0 saturated heterocycles. The molecule has 0 atom stereocenters. The molecule has 0 radical (unpaired) electrons. The van der Waals surface area contributed by atoms with E-state index in [1.807, 2.05) is 6.92 Å². The van der Waals surface area contributed by atoms with Crippen LogP contribution >= 0.6 is 15.9 Å². The van der Waals surface area contributed by atoms with Crippen molar-refractivity contribution in [2.45, 2.75) is 51.0 Å². The molecule has 1 saturated carbocycles. The summed E-state index contributed by atoms with van der Waals surface area (Å²) in [7, 11) is 0. The third kappa shape index (κ3) is 1.63. The van der Waals surface area contributed by atoms with Crippen molar-refractivity contribution in [2.24, 2.45) is 0 Å². The number of phenolic OH excluding ortho intramolecular Hbond substituents is 1. The fourth-order valence-corrected chi connectivity index (χ4v) is 3.72. The molecule has 0 unspecified atom stereocenters. The monoisotopic (exact) mass is 296 g/mol. The third-order valence-corrected chi connectivity index (χ3v) is 5.05. The summed E-state index contributed by atoms with van der Waals surface area (Å²) in [5.41, 5.74) is 3.71. The Morgan fingerprint density at radius 1 is 1.12 bits per heavy atom. The van der Waals surface area contributed by atoms with Crippen molar-refractivity contribution < 1.29 is 10.2 Å². The predicted octanol–water partition coefficient (Wildman–Crippen LogP) is 3.32. The fraction of sp³-hybridized carbons (Fsp3) is 0.571. The minimum atomic E-state index is -0.761. The summed E-state index contributed by atoms with van der Waals surface area (Å²) in [6.45, 7) is 2.04. The molecule has 2 aliphatic carbocycles. The molecule has 1 aromatic rings. The van der Waals surface area contributed by atoms with Gasteiger partial charge < -0.3 is 10.2 Å². The average molecular weight is 297 g/mol. The number of phenols is 1. The Balaban J connectivity index is 2.26. The van der Waals surface area contributed by atoms with Crippen molar-refractivity contribution in [2.75, 3.05) is 0 Å². The standard InChI is InChI=1S/C14H17BrO2/c1-8-9-4-2-3-5-10(9)12(15)13(16)11(8)14(17)6-7-14/h16-17H,2-7H2,1H3. The quantitative estimate of drug-likeness (QED) is 0.835. The van der Waals surface area contributed by atoms with Crippen LogP contribution in [0.5, 0.6) is 5.75 Å². The van der Waals surface area contributed by atoms with E-state index >= 15 is 0 Å². The summed E-state index contributed by atoms with van der Waals surface area (Å²) in [5.74, 6) is 0.267. The minimum absolute atomic E-state index is 0.267. The summed E-state index contributed by atoms with van der Waals surface area (Å²) in [4.78, 5) is 0. The number of halogens is 1. The fourth-order valence-electron chi connectivity index (χ4n) is 3.08. The van der Waals surface area contributed by atoms with Gasteiger partial charge in [-0.1, -0.05) is 0 Å². The van der Waals surface area contributed by atoms with Crippen LogP contribution in [0.3, 0.4) is 0 Å². The highest BCUT2D eigenvalue weighted by atomic mass is 79.9. The Hall–Kier alpha value is -0.540. The van der Waals surface area contributed by atoms with E-state index in [0.29, 0.717) is 0 Å². The van der Waals surface area contributed by atoms with E-state index in [9.17, 15) is 10.2 Å². The van der Waals surface area contributed by atoms with Crippen molar-refractivity contribution in [3.63, 3.8) is 0 Å². The van der Waals surface area contributed by atoms with E-state index < -0.39 is 5.60 Å². The Kier molecular flexibility index (Phi) is 2.53. The van der Waals surface area contributed by atoms with E-state index in [0.717, 1.165) is 41.3 Å². The first-order chi connectivity index (χ1) is 8.04. The lowest BCUT2D eigenvalue weighted by molar-refractivity contribution is 0.146. The van der Waals surface area contributed by atoms with Gasteiger partial charge in [-0.15, -0.1) is 0 Å². The number of benzene rings is 1. The zero-order valence-corrected chi connectivity index (χ0v) is 11.6. The smallest absolute Gasteiger partial charge is 0.136 e. The molecular weight excluding hydrogens is 280 g/mol. The molecule has 92 valence electrons. The third-order valence-electron chi connectivity index (χ3n) is 4.19. The topological polar surface area (TPSA) is 40.5 Å². The highest BCUT2D eigenvalue weighted by molar-refractivity contribution is 9.10. The number of hydrogen-bond donors (Lipinski definition) is 2. The van der Waals surface area contributed by atoms with Crippen molar-refractivity contribution >= 4 is 15.9 Å². The molecule has 3 heteroatoms. The summed E-state index contributed by atoms with van der Waals surface area (Å²) >= 11 is 3.51. The first kappa shape index (κ1) is 11.5. The lowest BCUT2D eigenvalue weighted by Crippen LogP contribution is -2.14. The summed E-state index contributed by atoms with van der Waals surface area (Å²) < 4.78 is 0.813. The van der Waals surface area contributed by atoms with Crippen LogP contribution in [-0.4, -0.2) is 10.2 Å². The molecule has 1 aromatic carbocycles. The van der Waals surface area contributed by atoms with Gasteiger partial charge in [0.05, 0.1) is 10.1 Å². The molecule has 0 heterocycles. The number of hydrogen-bond acceptors (Lipinski definition) is 2. The van der Waals surface area contributed by atoms with Crippen LogP contribution in [0.1, 0.15) is 47.9 Å². The number of fused-ring (bicyclic) bond motifs is 1. The van der Waals surface area contributed by atoms with E-state index in [1.165, 1.54) is 24.0 Å². The van der Waals surface area contributed by atoms with Crippen molar-refractivity contribution in [1.82, 2.24) is 0 Å². The summed E-state index contributed by atoms with van der Waals surface area (Å²) in [5, 5.41) is 20.6. The van der Waals surface area contributed by atoms with Crippen LogP contribution < -0.4 is 0 Å². The minimum Gasteiger partial charge on any atom is -0.506 e. The largest absolute Gasteiger partial charge is 0.506 e. The molecule has 3 rings (SSSR count). The predicted molar refractivity (Wildman–Crippen MR) is 70.3 cm³/mol. The maximum Gasteiger partial charge on any atom is 0.136 e. The van der Waals surface area contributed by atoms with Crippen molar-refractivity contribution in [3.8, 4) is 5.75 Å². The first-order valence-electron chi connectivity index (χ1n) is 6.30. The van der Waals surface area contributed by atoms with Gasteiger partial charge in [0.15, 0.2) is 0 Å². The van der Waals surface area contributed by atoms with Gasteiger partial charge in [0.2, 0.25) is 0 Å².